The molecule has 1 atom stereocenters. The maximum Gasteiger partial charge on any atom is 0.235 e. The molecule has 0 saturated heterocycles. The summed E-state index contributed by atoms with van der Waals surface area (Å²) >= 11 is 0.538. The second-order valence-corrected chi connectivity index (χ2v) is 13.1. The Labute approximate surface area is 217 Å². The SMILES string of the molecule is COc1ccccc1Oc1ccccc1NC(=O)CC(=O)Nc1nc(C(N)S(C)(=O)=O)c(S(C)(=O)=O)s1. The van der Waals surface area contributed by atoms with Crippen molar-refractivity contribution in [2.75, 3.05) is 30.3 Å². The standard InChI is InChI=1S/C22H24N4O8S3/c1-33-15-10-6-7-11-16(15)34-14-9-5-4-8-13(14)24-17(27)12-18(28)25-22-26-19(20(23)36(2,29)30)21(35-22)37(3,31)32/h4-11,20H,12,23H2,1-3H3,(H,24,27)(H,25,26,28). The molecule has 0 saturated carbocycles. The molecule has 3 aromatic rings. The smallest absolute Gasteiger partial charge is 0.235 e. The first-order valence-corrected chi connectivity index (χ1v) is 15.1. The fourth-order valence-corrected chi connectivity index (χ4v) is 5.89. The molecule has 1 aromatic heterocycles. The van der Waals surface area contributed by atoms with Gasteiger partial charge in [0.15, 0.2) is 47.4 Å². The average molecular weight is 569 g/mol. The number of para-hydroxylation sites is 4. The minimum Gasteiger partial charge on any atom is -0.493 e. The van der Waals surface area contributed by atoms with Crippen molar-refractivity contribution in [3.05, 3.63) is 54.2 Å². The number of ether oxygens (including phenoxy) is 2. The molecule has 2 aromatic carbocycles. The zero-order valence-corrected chi connectivity index (χ0v) is 22.4. The van der Waals surface area contributed by atoms with E-state index in [4.69, 9.17) is 15.2 Å². The highest BCUT2D eigenvalue weighted by atomic mass is 32.2. The Kier molecular flexibility index (Phi) is 8.53. The van der Waals surface area contributed by atoms with Gasteiger partial charge in [-0.05, 0) is 24.3 Å². The Morgan fingerprint density at radius 2 is 1.51 bits per heavy atom. The van der Waals surface area contributed by atoms with E-state index in [2.05, 4.69) is 15.6 Å². The van der Waals surface area contributed by atoms with Gasteiger partial charge in [0.2, 0.25) is 11.8 Å². The van der Waals surface area contributed by atoms with Gasteiger partial charge in [-0.15, -0.1) is 0 Å². The second-order valence-electron chi connectivity index (χ2n) is 7.74. The molecule has 0 fully saturated rings. The molecule has 12 nitrogen and oxygen atoms in total. The number of sulfone groups is 2. The number of anilines is 2. The topological polar surface area (TPSA) is 184 Å². The normalized spacial score (nSPS) is 12.4. The molecule has 2 amide bonds. The lowest BCUT2D eigenvalue weighted by Gasteiger charge is -2.14. The molecular formula is C22H24N4O8S3. The van der Waals surface area contributed by atoms with E-state index in [0.29, 0.717) is 34.3 Å². The quantitative estimate of drug-likeness (QED) is 0.307. The summed E-state index contributed by atoms with van der Waals surface area (Å²) in [6.45, 7) is 0. The van der Waals surface area contributed by atoms with E-state index >= 15 is 0 Å². The first-order valence-electron chi connectivity index (χ1n) is 10.4. The van der Waals surface area contributed by atoms with Crippen molar-refractivity contribution in [2.45, 2.75) is 16.0 Å². The summed E-state index contributed by atoms with van der Waals surface area (Å²) in [7, 11) is -6.28. The number of benzene rings is 2. The number of rotatable bonds is 10. The number of thiazole rings is 1. The molecule has 0 spiro atoms. The van der Waals surface area contributed by atoms with Gasteiger partial charge in [0.05, 0.1) is 12.8 Å². The van der Waals surface area contributed by atoms with Crippen molar-refractivity contribution >= 4 is 53.6 Å². The van der Waals surface area contributed by atoms with Gasteiger partial charge in [0.25, 0.3) is 0 Å². The van der Waals surface area contributed by atoms with Crippen LogP contribution in [0.3, 0.4) is 0 Å². The van der Waals surface area contributed by atoms with Gasteiger partial charge >= 0.3 is 0 Å². The monoisotopic (exact) mass is 568 g/mol. The lowest BCUT2D eigenvalue weighted by atomic mass is 10.2. The molecule has 37 heavy (non-hydrogen) atoms. The van der Waals surface area contributed by atoms with Crippen LogP contribution in [-0.2, 0) is 29.3 Å². The highest BCUT2D eigenvalue weighted by Crippen LogP contribution is 2.35. The number of hydrogen-bond acceptors (Lipinski definition) is 11. The number of amides is 2. The molecule has 3 rings (SSSR count). The average Bonchev–Trinajstić information content (AvgIpc) is 3.23. The fraction of sp³-hybridized carbons (Fsp3) is 0.227. The molecule has 15 heteroatoms. The number of hydrogen-bond donors (Lipinski definition) is 3. The van der Waals surface area contributed by atoms with Crippen molar-refractivity contribution in [1.82, 2.24) is 4.98 Å². The highest BCUT2D eigenvalue weighted by Gasteiger charge is 2.30. The van der Waals surface area contributed by atoms with Crippen LogP contribution in [0.1, 0.15) is 17.5 Å². The van der Waals surface area contributed by atoms with Crippen molar-refractivity contribution in [3.8, 4) is 17.2 Å². The third-order valence-corrected chi connectivity index (χ3v) is 8.67. The van der Waals surface area contributed by atoms with Crippen molar-refractivity contribution < 1.29 is 35.9 Å². The van der Waals surface area contributed by atoms with Crippen molar-refractivity contribution in [2.24, 2.45) is 5.73 Å². The Morgan fingerprint density at radius 1 is 0.946 bits per heavy atom. The Morgan fingerprint density at radius 3 is 2.11 bits per heavy atom. The molecule has 0 radical (unpaired) electrons. The predicted molar refractivity (Wildman–Crippen MR) is 138 cm³/mol. The Hall–Kier alpha value is -3.53. The lowest BCUT2D eigenvalue weighted by Crippen LogP contribution is -2.23. The molecular weight excluding hydrogens is 544 g/mol. The minimum absolute atomic E-state index is 0.216. The third-order valence-electron chi connectivity index (χ3n) is 4.71. The Bertz CT molecular complexity index is 1530. The number of nitrogens with zero attached hydrogens (tertiary/aromatic N) is 1. The van der Waals surface area contributed by atoms with Gasteiger partial charge in [-0.1, -0.05) is 35.6 Å². The molecule has 0 aliphatic rings. The number of aromatic nitrogens is 1. The van der Waals surface area contributed by atoms with Crippen LogP contribution in [0.4, 0.5) is 10.8 Å². The fourth-order valence-electron chi connectivity index (χ4n) is 3.00. The minimum atomic E-state index is -3.90. The van der Waals surface area contributed by atoms with E-state index in [1.807, 2.05) is 0 Å². The van der Waals surface area contributed by atoms with Gasteiger partial charge in [0, 0.05) is 12.5 Å². The molecule has 0 aliphatic heterocycles. The number of nitrogens with one attached hydrogen (secondary N) is 2. The zero-order valence-electron chi connectivity index (χ0n) is 19.9. The van der Waals surface area contributed by atoms with Crippen LogP contribution in [0.15, 0.2) is 52.7 Å². The first kappa shape index (κ1) is 28.0. The van der Waals surface area contributed by atoms with E-state index in [1.54, 1.807) is 48.5 Å². The summed E-state index contributed by atoms with van der Waals surface area (Å²) in [5.41, 5.74) is 5.55. The molecule has 1 heterocycles. The van der Waals surface area contributed by atoms with Crippen LogP contribution >= 0.6 is 11.3 Å². The molecule has 0 bridgehead atoms. The van der Waals surface area contributed by atoms with Crippen LogP contribution in [-0.4, -0.2) is 53.3 Å². The van der Waals surface area contributed by atoms with Gasteiger partial charge in [-0.25, -0.2) is 21.8 Å². The van der Waals surface area contributed by atoms with Crippen LogP contribution in [0.5, 0.6) is 17.2 Å². The highest BCUT2D eigenvalue weighted by molar-refractivity contribution is 7.93. The summed E-state index contributed by atoms with van der Waals surface area (Å²) in [6.07, 6.45) is 1.05. The van der Waals surface area contributed by atoms with E-state index in [9.17, 15) is 26.4 Å². The van der Waals surface area contributed by atoms with Crippen molar-refractivity contribution in [1.29, 1.82) is 0 Å². The molecule has 198 valence electrons. The van der Waals surface area contributed by atoms with Gasteiger partial charge in [0.1, 0.15) is 16.3 Å². The summed E-state index contributed by atoms with van der Waals surface area (Å²) < 4.78 is 58.6. The lowest BCUT2D eigenvalue weighted by molar-refractivity contribution is -0.123. The van der Waals surface area contributed by atoms with E-state index in [-0.39, 0.29) is 5.13 Å². The van der Waals surface area contributed by atoms with Gasteiger partial charge < -0.3 is 25.8 Å². The number of methoxy groups -OCH3 is 1. The van der Waals surface area contributed by atoms with Crippen LogP contribution < -0.4 is 25.8 Å². The molecule has 0 aliphatic carbocycles. The summed E-state index contributed by atoms with van der Waals surface area (Å²) in [4.78, 5) is 28.9. The molecule has 1 unspecified atom stereocenters. The number of nitrogens with two attached hydrogens (primary N) is 1. The summed E-state index contributed by atoms with van der Waals surface area (Å²) in [5, 5.41) is 2.98. The van der Waals surface area contributed by atoms with Crippen LogP contribution in [0.2, 0.25) is 0 Å². The maximum atomic E-state index is 12.5. The third kappa shape index (κ3) is 7.25. The number of carbonyl (C=O) groups is 2. The summed E-state index contributed by atoms with van der Waals surface area (Å²) in [6, 6.07) is 13.5. The largest absolute Gasteiger partial charge is 0.493 e. The van der Waals surface area contributed by atoms with Gasteiger partial charge in [-0.2, -0.15) is 0 Å². The second kappa shape index (κ2) is 11.2. The molecule has 4 N–H and O–H groups in total. The Balaban J connectivity index is 1.73. The van der Waals surface area contributed by atoms with Crippen LogP contribution in [0.25, 0.3) is 0 Å². The van der Waals surface area contributed by atoms with E-state index in [1.165, 1.54) is 7.11 Å². The maximum absolute atomic E-state index is 12.5. The summed E-state index contributed by atoms with van der Waals surface area (Å²) in [5.74, 6) is -0.304. The zero-order chi connectivity index (χ0) is 27.4. The van der Waals surface area contributed by atoms with E-state index < -0.39 is 53.2 Å². The number of carbonyl (C=O) groups excluding carboxylic acids is 2. The predicted octanol–water partition coefficient (Wildman–Crippen LogP) is 2.32. The first-order chi connectivity index (χ1) is 17.3. The van der Waals surface area contributed by atoms with Gasteiger partial charge in [-0.3, -0.25) is 9.59 Å². The van der Waals surface area contributed by atoms with Crippen LogP contribution in [0, 0.1) is 0 Å². The van der Waals surface area contributed by atoms with E-state index in [0.717, 1.165) is 12.5 Å². The van der Waals surface area contributed by atoms with Crippen molar-refractivity contribution in [3.63, 3.8) is 0 Å².